The highest BCUT2D eigenvalue weighted by atomic mass is 16.3. The van der Waals surface area contributed by atoms with Gasteiger partial charge in [-0.2, -0.15) is 0 Å². The molecule has 0 aromatic heterocycles. The number of phenols is 1. The van der Waals surface area contributed by atoms with Crippen LogP contribution in [0.2, 0.25) is 0 Å². The first kappa shape index (κ1) is 9.53. The van der Waals surface area contributed by atoms with Crippen LogP contribution in [0.4, 0.5) is 0 Å². The van der Waals surface area contributed by atoms with Crippen molar-refractivity contribution < 1.29 is 5.11 Å². The summed E-state index contributed by atoms with van der Waals surface area (Å²) in [6, 6.07) is 4.17. The summed E-state index contributed by atoms with van der Waals surface area (Å²) in [5.41, 5.74) is 9.00. The maximum Gasteiger partial charge on any atom is 0.122 e. The molecule has 2 rings (SSSR count). The van der Waals surface area contributed by atoms with Crippen LogP contribution in [0.5, 0.6) is 5.75 Å². The number of phenolic OH excluding ortho intramolecular Hbond substituents is 1. The molecule has 0 amide bonds. The predicted octanol–water partition coefficient (Wildman–Crippen LogP) is 1.77. The van der Waals surface area contributed by atoms with Crippen molar-refractivity contribution in [2.24, 2.45) is 5.73 Å². The second kappa shape index (κ2) is 4.01. The minimum absolute atomic E-state index is 0.507. The Morgan fingerprint density at radius 2 is 2.00 bits per heavy atom. The van der Waals surface area contributed by atoms with Crippen LogP contribution < -0.4 is 5.73 Å². The van der Waals surface area contributed by atoms with Gasteiger partial charge in [0.05, 0.1) is 0 Å². The fraction of sp³-hybridized carbons (Fsp3) is 0.500. The van der Waals surface area contributed by atoms with Gasteiger partial charge in [0.25, 0.3) is 0 Å². The Hall–Kier alpha value is -1.02. The summed E-state index contributed by atoms with van der Waals surface area (Å²) in [6.07, 6.45) is 5.37. The van der Waals surface area contributed by atoms with Crippen molar-refractivity contribution in [1.29, 1.82) is 0 Å². The molecule has 0 radical (unpaired) electrons. The smallest absolute Gasteiger partial charge is 0.122 e. The van der Waals surface area contributed by atoms with Crippen molar-refractivity contribution >= 4 is 0 Å². The van der Waals surface area contributed by atoms with Gasteiger partial charge in [0.1, 0.15) is 5.75 Å². The largest absolute Gasteiger partial charge is 0.507 e. The zero-order chi connectivity index (χ0) is 9.97. The summed E-state index contributed by atoms with van der Waals surface area (Å²) in [7, 11) is 0. The fourth-order valence-electron chi connectivity index (χ4n) is 2.21. The van der Waals surface area contributed by atoms with Crippen LogP contribution in [0.3, 0.4) is 0 Å². The van der Waals surface area contributed by atoms with E-state index in [1.165, 1.54) is 24.0 Å². The summed E-state index contributed by atoms with van der Waals surface area (Å²) in [4.78, 5) is 0. The molecular formula is C12H17NO. The molecular weight excluding hydrogens is 174 g/mol. The summed E-state index contributed by atoms with van der Waals surface area (Å²) >= 11 is 0. The van der Waals surface area contributed by atoms with Crippen LogP contribution in [0.25, 0.3) is 0 Å². The molecule has 76 valence electrons. The quantitative estimate of drug-likeness (QED) is 0.748. The topological polar surface area (TPSA) is 46.2 Å². The molecule has 1 aliphatic carbocycles. The van der Waals surface area contributed by atoms with Crippen molar-refractivity contribution in [1.82, 2.24) is 0 Å². The molecule has 0 atom stereocenters. The third-order valence-electron chi connectivity index (χ3n) is 3.00. The van der Waals surface area contributed by atoms with E-state index in [-0.39, 0.29) is 0 Å². The summed E-state index contributed by atoms with van der Waals surface area (Å²) in [6.45, 7) is 0.604. The van der Waals surface area contributed by atoms with Crippen LogP contribution in [-0.4, -0.2) is 11.7 Å². The highest BCUT2D eigenvalue weighted by Gasteiger charge is 2.15. The van der Waals surface area contributed by atoms with Gasteiger partial charge < -0.3 is 10.8 Å². The third kappa shape index (κ3) is 1.62. The molecule has 14 heavy (non-hydrogen) atoms. The van der Waals surface area contributed by atoms with E-state index in [9.17, 15) is 5.11 Å². The first-order valence-corrected chi connectivity index (χ1v) is 5.35. The minimum Gasteiger partial charge on any atom is -0.507 e. The van der Waals surface area contributed by atoms with E-state index >= 15 is 0 Å². The normalized spacial score (nSPS) is 15.2. The molecule has 0 saturated heterocycles. The lowest BCUT2D eigenvalue weighted by Crippen LogP contribution is -2.07. The Morgan fingerprint density at radius 3 is 2.79 bits per heavy atom. The highest BCUT2D eigenvalue weighted by molar-refractivity contribution is 5.46. The molecule has 2 nitrogen and oxygen atoms in total. The van der Waals surface area contributed by atoms with Crippen molar-refractivity contribution in [3.63, 3.8) is 0 Å². The Morgan fingerprint density at radius 1 is 1.21 bits per heavy atom. The number of aryl methyl sites for hydroxylation is 1. The van der Waals surface area contributed by atoms with Gasteiger partial charge in [-0.3, -0.25) is 0 Å². The van der Waals surface area contributed by atoms with Gasteiger partial charge in [-0.15, -0.1) is 0 Å². The lowest BCUT2D eigenvalue weighted by molar-refractivity contribution is 0.455. The van der Waals surface area contributed by atoms with Gasteiger partial charge >= 0.3 is 0 Å². The Kier molecular flexibility index (Phi) is 2.73. The molecule has 0 unspecified atom stereocenters. The monoisotopic (exact) mass is 191 g/mol. The Bertz CT molecular complexity index is 333. The number of hydrogen-bond acceptors (Lipinski definition) is 2. The number of hydrogen-bond donors (Lipinski definition) is 2. The van der Waals surface area contributed by atoms with E-state index in [0.29, 0.717) is 12.3 Å². The number of aromatic hydroxyl groups is 1. The lowest BCUT2D eigenvalue weighted by Gasteiger charge is -2.18. The van der Waals surface area contributed by atoms with Crippen LogP contribution in [0, 0.1) is 0 Å². The fourth-order valence-corrected chi connectivity index (χ4v) is 2.21. The SMILES string of the molecule is NCCc1ccc2c(c1O)CCCC2. The molecule has 0 saturated carbocycles. The van der Waals surface area contributed by atoms with E-state index in [2.05, 4.69) is 6.07 Å². The first-order chi connectivity index (χ1) is 6.83. The van der Waals surface area contributed by atoms with Gasteiger partial charge in [-0.05, 0) is 55.3 Å². The molecule has 1 aliphatic rings. The zero-order valence-electron chi connectivity index (χ0n) is 8.42. The molecule has 3 N–H and O–H groups in total. The first-order valence-electron chi connectivity index (χ1n) is 5.35. The molecule has 1 aromatic rings. The van der Waals surface area contributed by atoms with E-state index < -0.39 is 0 Å². The van der Waals surface area contributed by atoms with Gasteiger partial charge in [-0.25, -0.2) is 0 Å². The van der Waals surface area contributed by atoms with E-state index in [1.807, 2.05) is 6.07 Å². The number of rotatable bonds is 2. The summed E-state index contributed by atoms with van der Waals surface area (Å²) in [5.74, 6) is 0.507. The van der Waals surface area contributed by atoms with Crippen molar-refractivity contribution in [3.8, 4) is 5.75 Å². The van der Waals surface area contributed by atoms with E-state index in [1.54, 1.807) is 0 Å². The standard InChI is InChI=1S/C12H17NO/c13-8-7-10-6-5-9-3-1-2-4-11(9)12(10)14/h5-6,14H,1-4,7-8,13H2. The van der Waals surface area contributed by atoms with Gasteiger partial charge in [0.15, 0.2) is 0 Å². The zero-order valence-corrected chi connectivity index (χ0v) is 8.42. The lowest BCUT2D eigenvalue weighted by atomic mass is 9.89. The van der Waals surface area contributed by atoms with Crippen molar-refractivity contribution in [2.75, 3.05) is 6.54 Å². The second-order valence-corrected chi connectivity index (χ2v) is 3.96. The van der Waals surface area contributed by atoms with Crippen molar-refractivity contribution in [2.45, 2.75) is 32.1 Å². The number of fused-ring (bicyclic) bond motifs is 1. The maximum atomic E-state index is 10.0. The van der Waals surface area contributed by atoms with Crippen LogP contribution in [0.1, 0.15) is 29.5 Å². The van der Waals surface area contributed by atoms with E-state index in [4.69, 9.17) is 5.73 Å². The molecule has 1 aromatic carbocycles. The van der Waals surface area contributed by atoms with Gasteiger partial charge in [-0.1, -0.05) is 12.1 Å². The molecule has 0 fully saturated rings. The van der Waals surface area contributed by atoms with E-state index in [0.717, 1.165) is 24.8 Å². The molecule has 0 spiro atoms. The molecule has 0 aliphatic heterocycles. The molecule has 2 heteroatoms. The Labute approximate surface area is 84.7 Å². The average molecular weight is 191 g/mol. The third-order valence-corrected chi connectivity index (χ3v) is 3.00. The summed E-state index contributed by atoms with van der Waals surface area (Å²) in [5, 5.41) is 10.0. The second-order valence-electron chi connectivity index (χ2n) is 3.96. The number of benzene rings is 1. The van der Waals surface area contributed by atoms with Gasteiger partial charge in [0.2, 0.25) is 0 Å². The molecule has 0 bridgehead atoms. The van der Waals surface area contributed by atoms with Crippen LogP contribution in [0.15, 0.2) is 12.1 Å². The Balaban J connectivity index is 2.38. The highest BCUT2D eigenvalue weighted by Crippen LogP contribution is 2.31. The van der Waals surface area contributed by atoms with Crippen LogP contribution >= 0.6 is 0 Å². The number of nitrogens with two attached hydrogens (primary N) is 1. The average Bonchev–Trinajstić information content (AvgIpc) is 2.23. The maximum absolute atomic E-state index is 10.0. The minimum atomic E-state index is 0.507. The van der Waals surface area contributed by atoms with Crippen molar-refractivity contribution in [3.05, 3.63) is 28.8 Å². The summed E-state index contributed by atoms with van der Waals surface area (Å²) < 4.78 is 0. The van der Waals surface area contributed by atoms with Crippen LogP contribution in [-0.2, 0) is 19.3 Å². The molecule has 0 heterocycles. The predicted molar refractivity (Wildman–Crippen MR) is 57.5 cm³/mol. The van der Waals surface area contributed by atoms with Gasteiger partial charge in [0, 0.05) is 0 Å².